The van der Waals surface area contributed by atoms with E-state index in [9.17, 15) is 8.78 Å². The third kappa shape index (κ3) is 2.02. The van der Waals surface area contributed by atoms with Gasteiger partial charge in [-0.2, -0.15) is 8.78 Å². The molecule has 1 aromatic carbocycles. The summed E-state index contributed by atoms with van der Waals surface area (Å²) in [5.74, 6) is 1.67. The quantitative estimate of drug-likeness (QED) is 0.735. The van der Waals surface area contributed by atoms with E-state index < -0.39 is 12.0 Å². The van der Waals surface area contributed by atoms with Gasteiger partial charge in [0.2, 0.25) is 0 Å². The normalized spacial score (nSPS) is 14.2. The number of nitrogens with two attached hydrogens (primary N) is 1. The lowest BCUT2D eigenvalue weighted by Crippen LogP contribution is -2.32. The maximum absolute atomic E-state index is 13.3. The lowest BCUT2D eigenvalue weighted by atomic mass is 10.0. The van der Waals surface area contributed by atoms with Crippen LogP contribution in [0.5, 0.6) is 0 Å². The topological polar surface area (TPSA) is 35.2 Å². The monoisotopic (exact) mass is 187 g/mol. The summed E-state index contributed by atoms with van der Waals surface area (Å²) in [7, 11) is 0. The molecule has 0 saturated heterocycles. The molecule has 0 aliphatic rings. The molecular formula is C9H11F2NO. The summed E-state index contributed by atoms with van der Waals surface area (Å²) in [6.07, 6.45) is -1.32. The fourth-order valence-electron chi connectivity index (χ4n) is 0.981. The summed E-state index contributed by atoms with van der Waals surface area (Å²) in [6.45, 7) is 1.23. The van der Waals surface area contributed by atoms with Crippen LogP contribution in [0.4, 0.5) is 8.78 Å². The molecule has 0 spiro atoms. The van der Waals surface area contributed by atoms with Gasteiger partial charge < -0.3 is 0 Å². The molecule has 0 aromatic heterocycles. The number of benzene rings is 1. The molecule has 1 rings (SSSR count). The maximum atomic E-state index is 13.3. The minimum Gasteiger partial charge on any atom is -0.295 e. The molecule has 0 aliphatic heterocycles. The van der Waals surface area contributed by atoms with Gasteiger partial charge in [0.05, 0.1) is 0 Å². The minimum absolute atomic E-state index is 0.0899. The highest BCUT2D eigenvalue weighted by atomic mass is 19.3. The molecule has 0 saturated carbocycles. The highest BCUT2D eigenvalue weighted by molar-refractivity contribution is 5.20. The lowest BCUT2D eigenvalue weighted by Gasteiger charge is -2.21. The number of rotatable bonds is 3. The second kappa shape index (κ2) is 3.81. The van der Waals surface area contributed by atoms with Gasteiger partial charge in [0.25, 0.3) is 0 Å². The Morgan fingerprint density at radius 3 is 2.31 bits per heavy atom. The van der Waals surface area contributed by atoms with Crippen LogP contribution < -0.4 is 5.90 Å². The van der Waals surface area contributed by atoms with Crippen molar-refractivity contribution in [3.05, 3.63) is 35.9 Å². The average Bonchev–Trinajstić information content (AvgIpc) is 2.18. The van der Waals surface area contributed by atoms with E-state index in [1.165, 1.54) is 19.1 Å². The Hall–Kier alpha value is -1.00. The maximum Gasteiger partial charge on any atom is 0.300 e. The Balaban J connectivity index is 2.93. The van der Waals surface area contributed by atoms with Crippen molar-refractivity contribution >= 4 is 0 Å². The Kier molecular flexibility index (Phi) is 2.95. The van der Waals surface area contributed by atoms with Crippen molar-refractivity contribution in [3.63, 3.8) is 0 Å². The SMILES string of the molecule is CC(ON)C(F)(F)c1ccccc1. The molecule has 1 atom stereocenters. The predicted molar refractivity (Wildman–Crippen MR) is 45.1 cm³/mol. The second-order valence-electron chi connectivity index (χ2n) is 2.77. The van der Waals surface area contributed by atoms with E-state index in [1.54, 1.807) is 18.2 Å². The Bertz CT molecular complexity index is 264. The van der Waals surface area contributed by atoms with E-state index in [1.807, 2.05) is 0 Å². The van der Waals surface area contributed by atoms with Crippen LogP contribution in [0.2, 0.25) is 0 Å². The van der Waals surface area contributed by atoms with E-state index in [4.69, 9.17) is 5.90 Å². The molecule has 0 amide bonds. The number of halogens is 2. The van der Waals surface area contributed by atoms with Crippen molar-refractivity contribution in [1.29, 1.82) is 0 Å². The van der Waals surface area contributed by atoms with Crippen molar-refractivity contribution in [2.45, 2.75) is 19.0 Å². The summed E-state index contributed by atoms with van der Waals surface area (Å²) >= 11 is 0. The van der Waals surface area contributed by atoms with E-state index in [0.29, 0.717) is 0 Å². The molecule has 4 heteroatoms. The molecule has 1 aromatic rings. The Morgan fingerprint density at radius 1 is 1.31 bits per heavy atom. The fourth-order valence-corrected chi connectivity index (χ4v) is 0.981. The minimum atomic E-state index is -3.05. The van der Waals surface area contributed by atoms with Crippen LogP contribution in [0.1, 0.15) is 12.5 Å². The van der Waals surface area contributed by atoms with Crippen LogP contribution in [-0.2, 0) is 10.8 Å². The number of hydrogen-bond donors (Lipinski definition) is 1. The van der Waals surface area contributed by atoms with Crippen molar-refractivity contribution in [2.24, 2.45) is 5.90 Å². The van der Waals surface area contributed by atoms with Crippen LogP contribution in [-0.4, -0.2) is 6.10 Å². The first-order valence-corrected chi connectivity index (χ1v) is 3.88. The zero-order valence-corrected chi connectivity index (χ0v) is 7.21. The molecule has 0 fully saturated rings. The van der Waals surface area contributed by atoms with Crippen LogP contribution in [0.3, 0.4) is 0 Å². The number of hydrogen-bond acceptors (Lipinski definition) is 2. The number of alkyl halides is 2. The first-order chi connectivity index (χ1) is 6.09. The average molecular weight is 187 g/mol. The summed E-state index contributed by atoms with van der Waals surface area (Å²) in [6, 6.07) is 7.46. The van der Waals surface area contributed by atoms with E-state index >= 15 is 0 Å². The van der Waals surface area contributed by atoms with Crippen molar-refractivity contribution < 1.29 is 13.6 Å². The van der Waals surface area contributed by atoms with Crippen molar-refractivity contribution in [3.8, 4) is 0 Å². The summed E-state index contributed by atoms with van der Waals surface area (Å²) in [5.41, 5.74) is -0.0899. The second-order valence-corrected chi connectivity index (χ2v) is 2.77. The van der Waals surface area contributed by atoms with Gasteiger partial charge in [0, 0.05) is 5.56 Å². The molecule has 0 bridgehead atoms. The molecule has 72 valence electrons. The van der Waals surface area contributed by atoms with E-state index in [2.05, 4.69) is 4.84 Å². The molecule has 0 heterocycles. The van der Waals surface area contributed by atoms with Crippen molar-refractivity contribution in [2.75, 3.05) is 0 Å². The van der Waals surface area contributed by atoms with Crippen molar-refractivity contribution in [1.82, 2.24) is 0 Å². The first-order valence-electron chi connectivity index (χ1n) is 3.88. The van der Waals surface area contributed by atoms with Crippen LogP contribution in [0, 0.1) is 0 Å². The van der Waals surface area contributed by atoms with Gasteiger partial charge in [0.15, 0.2) is 0 Å². The van der Waals surface area contributed by atoms with Gasteiger partial charge >= 0.3 is 5.92 Å². The van der Waals surface area contributed by atoms with Gasteiger partial charge in [-0.25, -0.2) is 5.90 Å². The predicted octanol–water partition coefficient (Wildman–Crippen LogP) is 2.06. The molecule has 0 aliphatic carbocycles. The van der Waals surface area contributed by atoms with Crippen LogP contribution >= 0.6 is 0 Å². The molecule has 1 unspecified atom stereocenters. The zero-order valence-electron chi connectivity index (χ0n) is 7.21. The molecule has 2 nitrogen and oxygen atoms in total. The fraction of sp³-hybridized carbons (Fsp3) is 0.333. The molecule has 2 N–H and O–H groups in total. The smallest absolute Gasteiger partial charge is 0.295 e. The third-order valence-electron chi connectivity index (χ3n) is 1.87. The lowest BCUT2D eigenvalue weighted by molar-refractivity contribution is -0.137. The third-order valence-corrected chi connectivity index (χ3v) is 1.87. The van der Waals surface area contributed by atoms with Crippen LogP contribution in [0.25, 0.3) is 0 Å². The Morgan fingerprint density at radius 2 is 1.85 bits per heavy atom. The highest BCUT2D eigenvalue weighted by Gasteiger charge is 2.39. The summed E-state index contributed by atoms with van der Waals surface area (Å²) in [4.78, 5) is 4.12. The summed E-state index contributed by atoms with van der Waals surface area (Å²) in [5, 5.41) is 0. The van der Waals surface area contributed by atoms with Gasteiger partial charge in [-0.15, -0.1) is 0 Å². The molecule has 0 radical (unpaired) electrons. The first kappa shape index (κ1) is 10.1. The van der Waals surface area contributed by atoms with Gasteiger partial charge in [-0.05, 0) is 6.92 Å². The zero-order chi connectivity index (χ0) is 9.90. The molecular weight excluding hydrogens is 176 g/mol. The summed E-state index contributed by atoms with van der Waals surface area (Å²) < 4.78 is 26.7. The van der Waals surface area contributed by atoms with E-state index in [0.717, 1.165) is 0 Å². The van der Waals surface area contributed by atoms with E-state index in [-0.39, 0.29) is 5.56 Å². The largest absolute Gasteiger partial charge is 0.300 e. The van der Waals surface area contributed by atoms with Gasteiger partial charge in [-0.3, -0.25) is 4.84 Å². The van der Waals surface area contributed by atoms with Gasteiger partial charge in [0.1, 0.15) is 6.10 Å². The molecule has 13 heavy (non-hydrogen) atoms. The van der Waals surface area contributed by atoms with Gasteiger partial charge in [-0.1, -0.05) is 30.3 Å². The Labute approximate surface area is 75.3 Å². The standard InChI is InChI=1S/C9H11F2NO/c1-7(13-12)9(10,11)8-5-3-2-4-6-8/h2-7H,12H2,1H3. The highest BCUT2D eigenvalue weighted by Crippen LogP contribution is 2.32. The van der Waals surface area contributed by atoms with Crippen LogP contribution in [0.15, 0.2) is 30.3 Å².